The van der Waals surface area contributed by atoms with Crippen LogP contribution in [0.15, 0.2) is 23.1 Å². The van der Waals surface area contributed by atoms with E-state index in [4.69, 9.17) is 16.3 Å². The highest BCUT2D eigenvalue weighted by molar-refractivity contribution is 7.89. The third kappa shape index (κ3) is 4.63. The Bertz CT molecular complexity index is 781. The summed E-state index contributed by atoms with van der Waals surface area (Å²) in [7, 11) is -3.76. The molecule has 9 heteroatoms. The number of nitrogens with zero attached hydrogens (tertiary/aromatic N) is 2. The van der Waals surface area contributed by atoms with E-state index in [1.54, 1.807) is 6.07 Å². The molecule has 7 nitrogen and oxygen atoms in total. The molecule has 1 amide bonds. The van der Waals surface area contributed by atoms with Gasteiger partial charge in [0.1, 0.15) is 4.90 Å². The van der Waals surface area contributed by atoms with E-state index in [9.17, 15) is 13.2 Å². The third-order valence-electron chi connectivity index (χ3n) is 5.18. The summed E-state index contributed by atoms with van der Waals surface area (Å²) in [6, 6.07) is 4.73. The molecule has 0 bridgehead atoms. The molecule has 27 heavy (non-hydrogen) atoms. The van der Waals surface area contributed by atoms with Crippen molar-refractivity contribution in [2.24, 2.45) is 0 Å². The minimum absolute atomic E-state index is 0.0326. The van der Waals surface area contributed by atoms with Crippen molar-refractivity contribution in [3.8, 4) is 0 Å². The van der Waals surface area contributed by atoms with Gasteiger partial charge in [0.2, 0.25) is 10.0 Å². The number of likely N-dealkylation sites (tertiary alicyclic amines) is 1. The van der Waals surface area contributed by atoms with Gasteiger partial charge in [-0.2, -0.15) is 4.31 Å². The van der Waals surface area contributed by atoms with Gasteiger partial charge in [0.05, 0.1) is 18.2 Å². The molecule has 2 fully saturated rings. The highest BCUT2D eigenvalue weighted by Crippen LogP contribution is 2.26. The lowest BCUT2D eigenvalue weighted by atomic mass is 10.2. The Kier molecular flexibility index (Phi) is 6.75. The fourth-order valence-corrected chi connectivity index (χ4v) is 5.53. The maximum atomic E-state index is 12.9. The zero-order chi connectivity index (χ0) is 19.4. The molecule has 0 unspecified atom stereocenters. The van der Waals surface area contributed by atoms with E-state index in [0.29, 0.717) is 31.4 Å². The second kappa shape index (κ2) is 8.87. The number of amides is 1. The van der Waals surface area contributed by atoms with E-state index in [1.807, 2.05) is 0 Å². The molecule has 1 aromatic rings. The second-order valence-corrected chi connectivity index (χ2v) is 9.11. The number of nitrogens with one attached hydrogen (secondary N) is 1. The van der Waals surface area contributed by atoms with Crippen LogP contribution in [0, 0.1) is 0 Å². The van der Waals surface area contributed by atoms with Crippen LogP contribution < -0.4 is 5.32 Å². The second-order valence-electron chi connectivity index (χ2n) is 6.80. The van der Waals surface area contributed by atoms with Gasteiger partial charge in [0.25, 0.3) is 5.91 Å². The van der Waals surface area contributed by atoms with Gasteiger partial charge in [0.15, 0.2) is 0 Å². The summed E-state index contributed by atoms with van der Waals surface area (Å²) in [5.41, 5.74) is 0.298. The minimum atomic E-state index is -3.76. The maximum Gasteiger partial charge on any atom is 0.251 e. The van der Waals surface area contributed by atoms with Gasteiger partial charge in [-0.05, 0) is 44.1 Å². The predicted molar refractivity (Wildman–Crippen MR) is 104 cm³/mol. The van der Waals surface area contributed by atoms with Gasteiger partial charge in [-0.1, -0.05) is 18.5 Å². The fraction of sp³-hybridized carbons (Fsp3) is 0.611. The molecular weight excluding hydrogens is 390 g/mol. The van der Waals surface area contributed by atoms with E-state index in [-0.39, 0.29) is 28.9 Å². The van der Waals surface area contributed by atoms with Crippen LogP contribution in [0.3, 0.4) is 0 Å². The third-order valence-corrected chi connectivity index (χ3v) is 7.56. The Morgan fingerprint density at radius 2 is 2.04 bits per heavy atom. The van der Waals surface area contributed by atoms with Crippen LogP contribution in [0.25, 0.3) is 0 Å². The number of carbonyl (C=O) groups is 1. The zero-order valence-corrected chi connectivity index (χ0v) is 17.1. The number of rotatable bonds is 6. The van der Waals surface area contributed by atoms with Crippen molar-refractivity contribution in [2.75, 3.05) is 45.9 Å². The summed E-state index contributed by atoms with van der Waals surface area (Å²) in [6.45, 7) is 5.96. The SMILES string of the molecule is CCN1CCC[C@H]1CNC(=O)c1ccc(Cl)c(S(=O)(=O)N2CCOCC2)c1. The van der Waals surface area contributed by atoms with Crippen LogP contribution in [-0.4, -0.2) is 75.5 Å². The first-order valence-corrected chi connectivity index (χ1v) is 11.1. The van der Waals surface area contributed by atoms with Crippen molar-refractivity contribution >= 4 is 27.5 Å². The highest BCUT2D eigenvalue weighted by Gasteiger charge is 2.29. The molecule has 2 saturated heterocycles. The Morgan fingerprint density at radius 1 is 1.30 bits per heavy atom. The summed E-state index contributed by atoms with van der Waals surface area (Å²) in [6.07, 6.45) is 2.20. The van der Waals surface area contributed by atoms with Crippen LogP contribution in [0.1, 0.15) is 30.1 Å². The molecule has 2 aliphatic heterocycles. The molecule has 2 aliphatic rings. The maximum absolute atomic E-state index is 12.9. The molecule has 3 rings (SSSR count). The van der Waals surface area contributed by atoms with Gasteiger partial charge >= 0.3 is 0 Å². The number of benzene rings is 1. The smallest absolute Gasteiger partial charge is 0.251 e. The number of carbonyl (C=O) groups excluding carboxylic acids is 1. The summed E-state index contributed by atoms with van der Waals surface area (Å²) < 4.78 is 32.3. The molecule has 1 atom stereocenters. The number of hydrogen-bond acceptors (Lipinski definition) is 5. The summed E-state index contributed by atoms with van der Waals surface area (Å²) in [5, 5.41) is 3.05. The lowest BCUT2D eigenvalue weighted by Gasteiger charge is -2.26. The Labute approximate surface area is 165 Å². The quantitative estimate of drug-likeness (QED) is 0.763. The number of morpholine rings is 1. The van der Waals surface area contributed by atoms with Gasteiger partial charge in [-0.25, -0.2) is 8.42 Å². The van der Waals surface area contributed by atoms with Crippen molar-refractivity contribution in [1.29, 1.82) is 0 Å². The summed E-state index contributed by atoms with van der Waals surface area (Å²) in [4.78, 5) is 14.9. The van der Waals surface area contributed by atoms with Crippen LogP contribution in [0.5, 0.6) is 0 Å². The number of ether oxygens (including phenoxy) is 1. The lowest BCUT2D eigenvalue weighted by Crippen LogP contribution is -2.41. The first-order chi connectivity index (χ1) is 12.9. The van der Waals surface area contributed by atoms with Gasteiger partial charge in [0, 0.05) is 31.2 Å². The van der Waals surface area contributed by atoms with Crippen molar-refractivity contribution in [3.05, 3.63) is 28.8 Å². The predicted octanol–water partition coefficient (Wildman–Crippen LogP) is 1.57. The summed E-state index contributed by atoms with van der Waals surface area (Å²) in [5.74, 6) is -0.284. The van der Waals surface area contributed by atoms with E-state index in [2.05, 4.69) is 17.1 Å². The van der Waals surface area contributed by atoms with E-state index >= 15 is 0 Å². The molecule has 1 N–H and O–H groups in total. The topological polar surface area (TPSA) is 79.0 Å². The average molecular weight is 416 g/mol. The molecule has 0 radical (unpaired) electrons. The van der Waals surface area contributed by atoms with Crippen molar-refractivity contribution in [1.82, 2.24) is 14.5 Å². The minimum Gasteiger partial charge on any atom is -0.379 e. The molecule has 0 saturated carbocycles. The molecular formula is C18H26ClN3O4S. The van der Waals surface area contributed by atoms with E-state index in [0.717, 1.165) is 25.9 Å². The molecule has 0 aromatic heterocycles. The molecule has 0 spiro atoms. The van der Waals surface area contributed by atoms with Crippen molar-refractivity contribution in [2.45, 2.75) is 30.7 Å². The monoisotopic (exact) mass is 415 g/mol. The molecule has 2 heterocycles. The fourth-order valence-electron chi connectivity index (χ4n) is 3.62. The molecule has 0 aliphatic carbocycles. The number of sulfonamides is 1. The van der Waals surface area contributed by atoms with Crippen LogP contribution in [-0.2, 0) is 14.8 Å². The van der Waals surface area contributed by atoms with E-state index < -0.39 is 10.0 Å². The van der Waals surface area contributed by atoms with Crippen molar-refractivity contribution in [3.63, 3.8) is 0 Å². The number of likely N-dealkylation sites (N-methyl/N-ethyl adjacent to an activating group) is 1. The largest absolute Gasteiger partial charge is 0.379 e. The van der Waals surface area contributed by atoms with Gasteiger partial charge < -0.3 is 10.1 Å². The Morgan fingerprint density at radius 3 is 2.74 bits per heavy atom. The first-order valence-electron chi connectivity index (χ1n) is 9.33. The Balaban J connectivity index is 1.73. The van der Waals surface area contributed by atoms with Gasteiger partial charge in [-0.3, -0.25) is 9.69 Å². The van der Waals surface area contributed by atoms with Crippen molar-refractivity contribution < 1.29 is 17.9 Å². The highest BCUT2D eigenvalue weighted by atomic mass is 35.5. The normalized spacial score (nSPS) is 22.1. The Hall–Kier alpha value is -1.19. The number of hydrogen-bond donors (Lipinski definition) is 1. The number of halogens is 1. The molecule has 150 valence electrons. The average Bonchev–Trinajstić information content (AvgIpc) is 3.14. The van der Waals surface area contributed by atoms with Gasteiger partial charge in [-0.15, -0.1) is 0 Å². The van der Waals surface area contributed by atoms with Crippen LogP contribution in [0.4, 0.5) is 0 Å². The van der Waals surface area contributed by atoms with Crippen LogP contribution >= 0.6 is 11.6 Å². The zero-order valence-electron chi connectivity index (χ0n) is 15.5. The van der Waals surface area contributed by atoms with Crippen LogP contribution in [0.2, 0.25) is 5.02 Å². The van der Waals surface area contributed by atoms with E-state index in [1.165, 1.54) is 16.4 Å². The first kappa shape index (κ1) is 20.5. The lowest BCUT2D eigenvalue weighted by molar-refractivity contribution is 0.0730. The molecule has 1 aromatic carbocycles. The standard InChI is InChI=1S/C18H26ClN3O4S/c1-2-21-7-3-4-15(21)13-20-18(23)14-5-6-16(19)17(12-14)27(24,25)22-8-10-26-11-9-22/h5-6,12,15H,2-4,7-11,13H2,1H3,(H,20,23)/t15-/m0/s1. The summed E-state index contributed by atoms with van der Waals surface area (Å²) >= 11 is 6.15.